The van der Waals surface area contributed by atoms with E-state index in [0.717, 1.165) is 37.6 Å². The van der Waals surface area contributed by atoms with Gasteiger partial charge in [0.15, 0.2) is 5.82 Å². The molecule has 1 aliphatic rings. The molecule has 20 heavy (non-hydrogen) atoms. The van der Waals surface area contributed by atoms with E-state index in [9.17, 15) is 0 Å². The Morgan fingerprint density at radius 2 is 2.25 bits per heavy atom. The van der Waals surface area contributed by atoms with Crippen molar-refractivity contribution in [2.45, 2.75) is 19.4 Å². The molecule has 3 heterocycles. The summed E-state index contributed by atoms with van der Waals surface area (Å²) in [6, 6.07) is 4.11. The third-order valence-corrected chi connectivity index (χ3v) is 3.63. The van der Waals surface area contributed by atoms with Crippen molar-refractivity contribution in [2.75, 3.05) is 26.2 Å². The molecule has 106 valence electrons. The number of hydrogen-bond donors (Lipinski definition) is 1. The smallest absolute Gasteiger partial charge is 0.243 e. The Morgan fingerprint density at radius 1 is 1.40 bits per heavy atom. The average molecular weight is 273 g/mol. The number of hydrogen-bond acceptors (Lipinski definition) is 6. The van der Waals surface area contributed by atoms with Crippen LogP contribution in [0.5, 0.6) is 0 Å². The monoisotopic (exact) mass is 273 g/mol. The minimum absolute atomic E-state index is 0.173. The molecule has 1 fully saturated rings. The van der Waals surface area contributed by atoms with E-state index in [2.05, 4.69) is 32.3 Å². The molecule has 2 aromatic heterocycles. The first-order valence-corrected chi connectivity index (χ1v) is 6.99. The topological polar surface area (TPSA) is 67.1 Å². The first-order valence-electron chi connectivity index (χ1n) is 6.99. The van der Waals surface area contributed by atoms with E-state index in [-0.39, 0.29) is 6.04 Å². The van der Waals surface area contributed by atoms with Crippen molar-refractivity contribution in [1.29, 1.82) is 0 Å². The molecular formula is C14H19N5O. The fourth-order valence-electron chi connectivity index (χ4n) is 2.42. The lowest BCUT2D eigenvalue weighted by Gasteiger charge is -2.30. The number of nitrogens with zero attached hydrogens (tertiary/aromatic N) is 4. The van der Waals surface area contributed by atoms with Gasteiger partial charge in [-0.3, -0.25) is 9.88 Å². The number of piperazine rings is 1. The van der Waals surface area contributed by atoms with Gasteiger partial charge in [-0.1, -0.05) is 11.2 Å². The highest BCUT2D eigenvalue weighted by atomic mass is 16.5. The first-order chi connectivity index (χ1) is 9.83. The van der Waals surface area contributed by atoms with E-state index in [1.165, 1.54) is 0 Å². The van der Waals surface area contributed by atoms with Crippen molar-refractivity contribution in [3.05, 3.63) is 41.8 Å². The summed E-state index contributed by atoms with van der Waals surface area (Å²) >= 11 is 0. The van der Waals surface area contributed by atoms with Crippen LogP contribution >= 0.6 is 0 Å². The van der Waals surface area contributed by atoms with Crippen molar-refractivity contribution in [1.82, 2.24) is 25.3 Å². The highest BCUT2D eigenvalue weighted by Gasteiger charge is 2.22. The van der Waals surface area contributed by atoms with E-state index in [1.54, 1.807) is 6.20 Å². The molecule has 1 aliphatic heterocycles. The lowest BCUT2D eigenvalue weighted by molar-refractivity contribution is 0.154. The Morgan fingerprint density at radius 3 is 3.00 bits per heavy atom. The molecule has 0 amide bonds. The van der Waals surface area contributed by atoms with Crippen molar-refractivity contribution in [3.63, 3.8) is 0 Å². The summed E-state index contributed by atoms with van der Waals surface area (Å²) in [5.74, 6) is 1.42. The minimum atomic E-state index is 0.173. The van der Waals surface area contributed by atoms with Crippen LogP contribution in [0.2, 0.25) is 0 Å². The summed E-state index contributed by atoms with van der Waals surface area (Å²) in [5, 5.41) is 7.41. The van der Waals surface area contributed by atoms with E-state index < -0.39 is 0 Å². The summed E-state index contributed by atoms with van der Waals surface area (Å²) in [5.41, 5.74) is 1.09. The summed E-state index contributed by atoms with van der Waals surface area (Å²) in [6.07, 6.45) is 4.25. The molecule has 1 unspecified atom stereocenters. The summed E-state index contributed by atoms with van der Waals surface area (Å²) in [6.45, 7) is 6.18. The van der Waals surface area contributed by atoms with Gasteiger partial charge in [0, 0.05) is 45.0 Å². The molecular weight excluding hydrogens is 254 g/mol. The molecule has 6 nitrogen and oxygen atoms in total. The Labute approximate surface area is 118 Å². The summed E-state index contributed by atoms with van der Waals surface area (Å²) < 4.78 is 5.41. The van der Waals surface area contributed by atoms with Gasteiger partial charge in [-0.2, -0.15) is 4.98 Å². The van der Waals surface area contributed by atoms with Crippen molar-refractivity contribution in [2.24, 2.45) is 0 Å². The van der Waals surface area contributed by atoms with Crippen LogP contribution in [0, 0.1) is 0 Å². The van der Waals surface area contributed by atoms with Gasteiger partial charge in [-0.15, -0.1) is 0 Å². The first kappa shape index (κ1) is 13.2. The zero-order valence-corrected chi connectivity index (χ0v) is 11.6. The van der Waals surface area contributed by atoms with Crippen molar-refractivity contribution < 1.29 is 4.52 Å². The molecule has 1 saturated heterocycles. The number of rotatable bonds is 4. The molecule has 1 atom stereocenters. The Bertz CT molecular complexity index is 536. The SMILES string of the molecule is CC(c1nc(Cc2cccnc2)no1)N1CCNCC1. The Kier molecular flexibility index (Phi) is 4.03. The Balaban J connectivity index is 1.66. The zero-order valence-electron chi connectivity index (χ0n) is 11.6. The molecule has 3 rings (SSSR count). The molecule has 1 N–H and O–H groups in total. The molecule has 2 aromatic rings. The third-order valence-electron chi connectivity index (χ3n) is 3.63. The fourth-order valence-corrected chi connectivity index (χ4v) is 2.42. The van der Waals surface area contributed by atoms with Crippen LogP contribution < -0.4 is 5.32 Å². The quantitative estimate of drug-likeness (QED) is 0.897. The van der Waals surface area contributed by atoms with Crippen molar-refractivity contribution in [3.8, 4) is 0 Å². The largest absolute Gasteiger partial charge is 0.338 e. The van der Waals surface area contributed by atoms with E-state index in [1.807, 2.05) is 18.3 Å². The molecule has 0 bridgehead atoms. The Hall–Kier alpha value is -1.79. The maximum Gasteiger partial charge on any atom is 0.243 e. The maximum atomic E-state index is 5.41. The number of nitrogens with one attached hydrogen (secondary N) is 1. The second-order valence-electron chi connectivity index (χ2n) is 5.05. The van der Waals surface area contributed by atoms with Gasteiger partial charge in [-0.05, 0) is 18.6 Å². The van der Waals surface area contributed by atoms with Crippen LogP contribution in [-0.2, 0) is 6.42 Å². The third kappa shape index (κ3) is 3.02. The second kappa shape index (κ2) is 6.11. The number of aromatic nitrogens is 3. The van der Waals surface area contributed by atoms with Crippen LogP contribution in [0.1, 0.15) is 30.2 Å². The average Bonchev–Trinajstić information content (AvgIpc) is 2.97. The van der Waals surface area contributed by atoms with Crippen LogP contribution in [0.4, 0.5) is 0 Å². The number of pyridine rings is 1. The molecule has 0 spiro atoms. The predicted molar refractivity (Wildman–Crippen MR) is 74.2 cm³/mol. The van der Waals surface area contributed by atoms with Gasteiger partial charge < -0.3 is 9.84 Å². The van der Waals surface area contributed by atoms with Crippen LogP contribution in [0.3, 0.4) is 0 Å². The van der Waals surface area contributed by atoms with Gasteiger partial charge in [0.25, 0.3) is 0 Å². The maximum absolute atomic E-state index is 5.41. The van der Waals surface area contributed by atoms with Crippen LogP contribution in [0.25, 0.3) is 0 Å². The standard InChI is InChI=1S/C14H19N5O/c1-11(19-7-5-15-6-8-19)14-17-13(18-20-14)9-12-3-2-4-16-10-12/h2-4,10-11,15H,5-9H2,1H3. The minimum Gasteiger partial charge on any atom is -0.338 e. The summed E-state index contributed by atoms with van der Waals surface area (Å²) in [4.78, 5) is 11.0. The van der Waals surface area contributed by atoms with E-state index in [0.29, 0.717) is 12.3 Å². The highest BCUT2D eigenvalue weighted by Crippen LogP contribution is 2.19. The normalized spacial score (nSPS) is 18.1. The van der Waals surface area contributed by atoms with E-state index in [4.69, 9.17) is 4.52 Å². The van der Waals surface area contributed by atoms with Gasteiger partial charge in [0.1, 0.15) is 0 Å². The molecule has 0 aromatic carbocycles. The predicted octanol–water partition coefficient (Wildman–Crippen LogP) is 1.02. The molecule has 0 radical (unpaired) electrons. The van der Waals surface area contributed by atoms with E-state index >= 15 is 0 Å². The van der Waals surface area contributed by atoms with Gasteiger partial charge >= 0.3 is 0 Å². The van der Waals surface area contributed by atoms with Gasteiger partial charge in [-0.25, -0.2) is 0 Å². The highest BCUT2D eigenvalue weighted by molar-refractivity contribution is 5.13. The molecule has 0 saturated carbocycles. The second-order valence-corrected chi connectivity index (χ2v) is 5.05. The van der Waals surface area contributed by atoms with Crippen molar-refractivity contribution >= 4 is 0 Å². The van der Waals surface area contributed by atoms with Crippen LogP contribution in [0.15, 0.2) is 29.0 Å². The summed E-state index contributed by atoms with van der Waals surface area (Å²) in [7, 11) is 0. The lowest BCUT2D eigenvalue weighted by atomic mass is 10.2. The molecule has 6 heteroatoms. The fraction of sp³-hybridized carbons (Fsp3) is 0.500. The van der Waals surface area contributed by atoms with Gasteiger partial charge in [0.2, 0.25) is 5.89 Å². The lowest BCUT2D eigenvalue weighted by Crippen LogP contribution is -2.44. The van der Waals surface area contributed by atoms with Crippen LogP contribution in [-0.4, -0.2) is 46.2 Å². The van der Waals surface area contributed by atoms with Gasteiger partial charge in [0.05, 0.1) is 6.04 Å². The molecule has 0 aliphatic carbocycles. The zero-order chi connectivity index (χ0) is 13.8.